The Morgan fingerprint density at radius 1 is 1.16 bits per heavy atom. The number of rotatable bonds is 2. The molecule has 0 bridgehead atoms. The smallest absolute Gasteiger partial charge is 0.254 e. The highest BCUT2D eigenvalue weighted by atomic mass is 31.0. The van der Waals surface area contributed by atoms with Gasteiger partial charge in [0.25, 0.3) is 5.91 Å². The number of hydrogen-bond acceptors (Lipinski definition) is 3. The largest absolute Gasteiger partial charge is 0.497 e. The average Bonchev–Trinajstić information content (AvgIpc) is 2.92. The minimum Gasteiger partial charge on any atom is -0.497 e. The molecule has 1 saturated heterocycles. The second-order valence-electron chi connectivity index (χ2n) is 4.40. The number of amides is 1. The van der Waals surface area contributed by atoms with E-state index >= 15 is 0 Å². The molecule has 0 spiro atoms. The molecule has 1 aromatic carbocycles. The molecule has 1 aliphatic heterocycles. The summed E-state index contributed by atoms with van der Waals surface area (Å²) < 4.78 is 9.41. The van der Waals surface area contributed by atoms with E-state index < -0.39 is 0 Å². The summed E-state index contributed by atoms with van der Waals surface area (Å²) in [5, 5.41) is 0.974. The lowest BCUT2D eigenvalue weighted by Gasteiger charge is -2.16. The maximum absolute atomic E-state index is 12.1. The summed E-state index contributed by atoms with van der Waals surface area (Å²) in [5.41, 5.74) is 0.714. The quantitative estimate of drug-likeness (QED) is 0.775. The molecule has 0 aliphatic carbocycles. The van der Waals surface area contributed by atoms with Crippen LogP contribution in [0.15, 0.2) is 18.2 Å². The van der Waals surface area contributed by atoms with Gasteiger partial charge in [-0.15, -0.1) is 9.24 Å². The van der Waals surface area contributed by atoms with Gasteiger partial charge in [-0.05, 0) is 36.3 Å². The fourth-order valence-corrected chi connectivity index (χ4v) is 2.31. The Labute approximate surface area is 117 Å². The molecular weight excluding hydrogens is 261 g/mol. The van der Waals surface area contributed by atoms with Gasteiger partial charge in [0.1, 0.15) is 5.75 Å². The lowest BCUT2D eigenvalue weighted by atomic mass is 10.2. The van der Waals surface area contributed by atoms with Gasteiger partial charge in [0.15, 0.2) is 0 Å². The number of benzene rings is 1. The van der Waals surface area contributed by atoms with Crippen LogP contribution in [0.5, 0.6) is 5.75 Å². The second-order valence-corrected chi connectivity index (χ2v) is 5.07. The highest BCUT2D eigenvalue weighted by molar-refractivity contribution is 7.27. The van der Waals surface area contributed by atoms with E-state index in [9.17, 15) is 4.79 Å². The molecule has 2 rings (SSSR count). The molecule has 4 nitrogen and oxygen atoms in total. The summed E-state index contributed by atoms with van der Waals surface area (Å²) in [5.74, 6) is 0.843. The SMILES string of the molecule is COC.COc1cc(P)cc(C(=O)N2CCCC2)c1. The Morgan fingerprint density at radius 3 is 2.26 bits per heavy atom. The average molecular weight is 283 g/mol. The van der Waals surface area contributed by atoms with Gasteiger partial charge in [0, 0.05) is 32.9 Å². The lowest BCUT2D eigenvalue weighted by Crippen LogP contribution is -2.28. The number of hydrogen-bond donors (Lipinski definition) is 0. The molecule has 0 aromatic heterocycles. The zero-order chi connectivity index (χ0) is 14.3. The van der Waals surface area contributed by atoms with Crippen LogP contribution in [-0.2, 0) is 4.74 Å². The highest BCUT2D eigenvalue weighted by Crippen LogP contribution is 2.17. The summed E-state index contributed by atoms with van der Waals surface area (Å²) in [4.78, 5) is 14.0. The molecule has 1 fully saturated rings. The molecule has 1 heterocycles. The van der Waals surface area contributed by atoms with Crippen molar-refractivity contribution in [3.8, 4) is 5.75 Å². The van der Waals surface area contributed by atoms with E-state index in [0.29, 0.717) is 5.56 Å². The van der Waals surface area contributed by atoms with Crippen molar-refractivity contribution in [3.05, 3.63) is 23.8 Å². The zero-order valence-corrected chi connectivity index (χ0v) is 13.0. The standard InChI is InChI=1S/C12H16NO2P.C2H6O/c1-15-10-6-9(7-11(16)8-10)12(14)13-4-2-3-5-13;1-3-2/h6-8H,2-5,16H2,1H3;1-2H3. The van der Waals surface area contributed by atoms with Crippen LogP contribution in [-0.4, -0.2) is 45.2 Å². The molecule has 0 radical (unpaired) electrons. The first-order chi connectivity index (χ1) is 9.12. The number of methoxy groups -OCH3 is 2. The summed E-state index contributed by atoms with van der Waals surface area (Å²) in [6.45, 7) is 1.75. The van der Waals surface area contributed by atoms with Gasteiger partial charge in [-0.2, -0.15) is 0 Å². The van der Waals surface area contributed by atoms with Crippen LogP contribution < -0.4 is 10.0 Å². The van der Waals surface area contributed by atoms with Gasteiger partial charge < -0.3 is 14.4 Å². The predicted molar refractivity (Wildman–Crippen MR) is 80.4 cm³/mol. The third kappa shape index (κ3) is 4.81. The van der Waals surface area contributed by atoms with Crippen molar-refractivity contribution in [1.29, 1.82) is 0 Å². The molecule has 0 saturated carbocycles. The third-order valence-electron chi connectivity index (χ3n) is 2.80. The van der Waals surface area contributed by atoms with Gasteiger partial charge in [0.05, 0.1) is 7.11 Å². The van der Waals surface area contributed by atoms with Crippen LogP contribution >= 0.6 is 9.24 Å². The Kier molecular flexibility index (Phi) is 6.82. The topological polar surface area (TPSA) is 38.8 Å². The van der Waals surface area contributed by atoms with Crippen molar-refractivity contribution in [2.75, 3.05) is 34.4 Å². The van der Waals surface area contributed by atoms with Crippen molar-refractivity contribution < 1.29 is 14.3 Å². The Hall–Kier alpha value is -1.12. The summed E-state index contributed by atoms with van der Waals surface area (Å²) in [6, 6.07) is 5.58. The Bertz CT molecular complexity index is 417. The fourth-order valence-electron chi connectivity index (χ4n) is 1.97. The number of ether oxygens (including phenoxy) is 2. The van der Waals surface area contributed by atoms with Crippen molar-refractivity contribution in [3.63, 3.8) is 0 Å². The van der Waals surface area contributed by atoms with Crippen molar-refractivity contribution in [2.45, 2.75) is 12.8 Å². The van der Waals surface area contributed by atoms with Crippen LogP contribution in [0, 0.1) is 0 Å². The Morgan fingerprint density at radius 2 is 1.74 bits per heavy atom. The van der Waals surface area contributed by atoms with Crippen LogP contribution in [0.4, 0.5) is 0 Å². The van der Waals surface area contributed by atoms with Gasteiger partial charge in [-0.25, -0.2) is 0 Å². The first-order valence-electron chi connectivity index (χ1n) is 6.26. The minimum atomic E-state index is 0.111. The molecule has 1 amide bonds. The van der Waals surface area contributed by atoms with E-state index in [1.165, 1.54) is 0 Å². The van der Waals surface area contributed by atoms with E-state index in [1.54, 1.807) is 27.4 Å². The van der Waals surface area contributed by atoms with E-state index in [4.69, 9.17) is 4.74 Å². The molecule has 19 heavy (non-hydrogen) atoms. The number of likely N-dealkylation sites (tertiary alicyclic amines) is 1. The van der Waals surface area contributed by atoms with Gasteiger partial charge in [-0.3, -0.25) is 4.79 Å². The Balaban J connectivity index is 0.000000550. The monoisotopic (exact) mass is 283 g/mol. The van der Waals surface area contributed by atoms with Gasteiger partial charge >= 0.3 is 0 Å². The van der Waals surface area contributed by atoms with E-state index in [-0.39, 0.29) is 5.91 Å². The number of carbonyl (C=O) groups is 1. The molecular formula is C14H22NO3P. The van der Waals surface area contributed by atoms with Crippen molar-refractivity contribution in [2.24, 2.45) is 0 Å². The molecule has 5 heteroatoms. The van der Waals surface area contributed by atoms with E-state index in [0.717, 1.165) is 37.0 Å². The summed E-state index contributed by atoms with van der Waals surface area (Å²) in [6.07, 6.45) is 2.23. The van der Waals surface area contributed by atoms with Crippen LogP contribution in [0.3, 0.4) is 0 Å². The number of nitrogens with zero attached hydrogens (tertiary/aromatic N) is 1. The first kappa shape index (κ1) is 15.9. The second kappa shape index (κ2) is 8.13. The fraction of sp³-hybridized carbons (Fsp3) is 0.500. The number of carbonyl (C=O) groups excluding carboxylic acids is 1. The van der Waals surface area contributed by atoms with Crippen molar-refractivity contribution >= 4 is 20.5 Å². The molecule has 106 valence electrons. The van der Waals surface area contributed by atoms with Gasteiger partial charge in [-0.1, -0.05) is 0 Å². The van der Waals surface area contributed by atoms with E-state index in [2.05, 4.69) is 14.0 Å². The van der Waals surface area contributed by atoms with Gasteiger partial charge in [0.2, 0.25) is 0 Å². The molecule has 1 aliphatic rings. The summed E-state index contributed by atoms with van der Waals surface area (Å²) >= 11 is 0. The van der Waals surface area contributed by atoms with Crippen LogP contribution in [0.25, 0.3) is 0 Å². The molecule has 0 N–H and O–H groups in total. The zero-order valence-electron chi connectivity index (χ0n) is 11.8. The highest BCUT2D eigenvalue weighted by Gasteiger charge is 2.19. The molecule has 1 atom stereocenters. The maximum Gasteiger partial charge on any atom is 0.254 e. The predicted octanol–water partition coefficient (Wildman–Crippen LogP) is 1.69. The molecule has 1 unspecified atom stereocenters. The van der Waals surface area contributed by atoms with Crippen molar-refractivity contribution in [1.82, 2.24) is 4.90 Å². The summed E-state index contributed by atoms with van der Waals surface area (Å²) in [7, 11) is 7.46. The molecule has 1 aromatic rings. The lowest BCUT2D eigenvalue weighted by molar-refractivity contribution is 0.0792. The normalized spacial score (nSPS) is 13.8. The van der Waals surface area contributed by atoms with E-state index in [1.807, 2.05) is 17.0 Å². The van der Waals surface area contributed by atoms with Crippen LogP contribution in [0.2, 0.25) is 0 Å². The maximum atomic E-state index is 12.1. The first-order valence-corrected chi connectivity index (χ1v) is 6.84. The van der Waals surface area contributed by atoms with Crippen LogP contribution in [0.1, 0.15) is 23.2 Å². The minimum absolute atomic E-state index is 0.111. The third-order valence-corrected chi connectivity index (χ3v) is 3.14.